The molecule has 1 atom stereocenters. The quantitative estimate of drug-likeness (QED) is 0.800. The van der Waals surface area contributed by atoms with Crippen LogP contribution in [0.5, 0.6) is 11.5 Å². The molecule has 0 radical (unpaired) electrons. The minimum Gasteiger partial charge on any atom is -0.497 e. The third-order valence-electron chi connectivity index (χ3n) is 4.75. The Balaban J connectivity index is 1.84. The summed E-state index contributed by atoms with van der Waals surface area (Å²) in [6, 6.07) is 12.0. The summed E-state index contributed by atoms with van der Waals surface area (Å²) in [6.07, 6.45) is 2.84. The molecule has 0 spiro atoms. The average molecular weight is 404 g/mol. The van der Waals surface area contributed by atoms with Gasteiger partial charge in [-0.3, -0.25) is 9.52 Å². The maximum Gasteiger partial charge on any atom is 0.254 e. The van der Waals surface area contributed by atoms with E-state index >= 15 is 0 Å². The van der Waals surface area contributed by atoms with E-state index in [1.54, 1.807) is 38.5 Å². The fourth-order valence-corrected chi connectivity index (χ4v) is 4.05. The molecule has 1 unspecified atom stereocenters. The van der Waals surface area contributed by atoms with Gasteiger partial charge in [-0.05, 0) is 49.2 Å². The summed E-state index contributed by atoms with van der Waals surface area (Å²) in [5.74, 6) is 1.30. The maximum atomic E-state index is 13.1. The van der Waals surface area contributed by atoms with E-state index in [-0.39, 0.29) is 11.9 Å². The average Bonchev–Trinajstić information content (AvgIpc) is 3.15. The van der Waals surface area contributed by atoms with Crippen LogP contribution in [0.4, 0.5) is 5.69 Å². The SMILES string of the molecule is COc1ccc(C2CCCN2C(=O)c2ccc(NS(C)(=O)=O)cc2)c(OC)c1. The van der Waals surface area contributed by atoms with E-state index in [9.17, 15) is 13.2 Å². The number of benzene rings is 2. The Hall–Kier alpha value is -2.74. The number of nitrogens with zero attached hydrogens (tertiary/aromatic N) is 1. The van der Waals surface area contributed by atoms with E-state index in [4.69, 9.17) is 9.47 Å². The van der Waals surface area contributed by atoms with Crippen molar-refractivity contribution in [3.05, 3.63) is 53.6 Å². The second-order valence-corrected chi connectivity index (χ2v) is 8.46. The first-order chi connectivity index (χ1) is 13.3. The lowest BCUT2D eigenvalue weighted by Crippen LogP contribution is -2.30. The van der Waals surface area contributed by atoms with Gasteiger partial charge >= 0.3 is 0 Å². The van der Waals surface area contributed by atoms with Gasteiger partial charge in [-0.1, -0.05) is 0 Å². The molecule has 28 heavy (non-hydrogen) atoms. The van der Waals surface area contributed by atoms with E-state index < -0.39 is 10.0 Å². The molecule has 1 saturated heterocycles. The van der Waals surface area contributed by atoms with Crippen molar-refractivity contribution < 1.29 is 22.7 Å². The zero-order valence-electron chi connectivity index (χ0n) is 16.1. The zero-order chi connectivity index (χ0) is 20.3. The van der Waals surface area contributed by atoms with E-state index in [2.05, 4.69) is 4.72 Å². The number of sulfonamides is 1. The molecule has 1 fully saturated rings. The molecule has 0 aliphatic carbocycles. The number of likely N-dealkylation sites (tertiary alicyclic amines) is 1. The monoisotopic (exact) mass is 404 g/mol. The number of ether oxygens (including phenoxy) is 2. The highest BCUT2D eigenvalue weighted by Gasteiger charge is 2.32. The van der Waals surface area contributed by atoms with E-state index in [0.29, 0.717) is 29.3 Å². The summed E-state index contributed by atoms with van der Waals surface area (Å²) in [5, 5.41) is 0. The van der Waals surface area contributed by atoms with Crippen LogP contribution in [-0.2, 0) is 10.0 Å². The Morgan fingerprint density at radius 2 is 1.82 bits per heavy atom. The van der Waals surface area contributed by atoms with Gasteiger partial charge in [-0.25, -0.2) is 8.42 Å². The fraction of sp³-hybridized carbons (Fsp3) is 0.350. The van der Waals surface area contributed by atoms with Crippen molar-refractivity contribution in [2.24, 2.45) is 0 Å². The lowest BCUT2D eigenvalue weighted by molar-refractivity contribution is 0.0734. The van der Waals surface area contributed by atoms with Gasteiger partial charge in [0.25, 0.3) is 5.91 Å². The second kappa shape index (κ2) is 8.10. The molecule has 1 aliphatic heterocycles. The van der Waals surface area contributed by atoms with Crippen LogP contribution in [-0.4, -0.2) is 46.2 Å². The lowest BCUT2D eigenvalue weighted by Gasteiger charge is -2.26. The highest BCUT2D eigenvalue weighted by Crippen LogP contribution is 2.39. The Bertz CT molecular complexity index is 957. The van der Waals surface area contributed by atoms with Gasteiger partial charge in [-0.2, -0.15) is 0 Å². The molecule has 7 nitrogen and oxygen atoms in total. The second-order valence-electron chi connectivity index (χ2n) is 6.72. The smallest absolute Gasteiger partial charge is 0.254 e. The largest absolute Gasteiger partial charge is 0.497 e. The Labute approximate surface area is 165 Å². The lowest BCUT2D eigenvalue weighted by atomic mass is 10.0. The van der Waals surface area contributed by atoms with Gasteiger partial charge in [0.2, 0.25) is 10.0 Å². The van der Waals surface area contributed by atoms with Crippen LogP contribution in [0.1, 0.15) is 34.8 Å². The number of methoxy groups -OCH3 is 2. The maximum absolute atomic E-state index is 13.1. The molecule has 2 aromatic rings. The number of rotatable bonds is 6. The number of hydrogen-bond donors (Lipinski definition) is 1. The Kier molecular flexibility index (Phi) is 5.79. The third kappa shape index (κ3) is 4.39. The molecule has 0 saturated carbocycles. The molecule has 1 N–H and O–H groups in total. The van der Waals surface area contributed by atoms with Crippen molar-refractivity contribution in [2.45, 2.75) is 18.9 Å². The minimum atomic E-state index is -3.35. The van der Waals surface area contributed by atoms with Crippen LogP contribution in [0.25, 0.3) is 0 Å². The fourth-order valence-electron chi connectivity index (χ4n) is 3.49. The number of carbonyl (C=O) groups is 1. The molecule has 2 aromatic carbocycles. The number of amides is 1. The van der Waals surface area contributed by atoms with Gasteiger partial charge in [-0.15, -0.1) is 0 Å². The molecule has 0 aromatic heterocycles. The molecule has 150 valence electrons. The molecule has 1 aliphatic rings. The highest BCUT2D eigenvalue weighted by atomic mass is 32.2. The van der Waals surface area contributed by atoms with Gasteiger partial charge < -0.3 is 14.4 Å². The molecule has 1 heterocycles. The summed E-state index contributed by atoms with van der Waals surface area (Å²) in [4.78, 5) is 14.9. The summed E-state index contributed by atoms with van der Waals surface area (Å²) in [7, 11) is -0.150. The van der Waals surface area contributed by atoms with Crippen molar-refractivity contribution in [3.63, 3.8) is 0 Å². The number of hydrogen-bond acceptors (Lipinski definition) is 5. The normalized spacial score (nSPS) is 16.7. The number of anilines is 1. The topological polar surface area (TPSA) is 84.9 Å². The van der Waals surface area contributed by atoms with Crippen LogP contribution < -0.4 is 14.2 Å². The molecule has 1 amide bonds. The van der Waals surface area contributed by atoms with E-state index in [0.717, 1.165) is 24.7 Å². The molecule has 3 rings (SSSR count). The molecular formula is C20H24N2O5S. The van der Waals surface area contributed by atoms with Crippen molar-refractivity contribution in [1.29, 1.82) is 0 Å². The number of carbonyl (C=O) groups excluding carboxylic acids is 1. The molecular weight excluding hydrogens is 380 g/mol. The Morgan fingerprint density at radius 3 is 2.43 bits per heavy atom. The zero-order valence-corrected chi connectivity index (χ0v) is 17.0. The van der Waals surface area contributed by atoms with Gasteiger partial charge in [0.15, 0.2) is 0 Å². The van der Waals surface area contributed by atoms with Gasteiger partial charge in [0.05, 0.1) is 26.5 Å². The third-order valence-corrected chi connectivity index (χ3v) is 5.35. The highest BCUT2D eigenvalue weighted by molar-refractivity contribution is 7.92. The standard InChI is InChI=1S/C20H24N2O5S/c1-26-16-10-11-17(19(13-16)27-2)18-5-4-12-22(18)20(23)14-6-8-15(9-7-14)21-28(3,24)25/h6-11,13,18,21H,4-5,12H2,1-3H3. The van der Waals surface area contributed by atoms with Crippen molar-refractivity contribution in [1.82, 2.24) is 4.90 Å². The first kappa shape index (κ1) is 20.0. The van der Waals surface area contributed by atoms with Crippen LogP contribution in [0.15, 0.2) is 42.5 Å². The van der Waals surface area contributed by atoms with Crippen molar-refractivity contribution in [2.75, 3.05) is 31.7 Å². The molecule has 0 bridgehead atoms. The van der Waals surface area contributed by atoms with Gasteiger partial charge in [0.1, 0.15) is 11.5 Å². The predicted molar refractivity (Wildman–Crippen MR) is 107 cm³/mol. The number of nitrogens with one attached hydrogen (secondary N) is 1. The van der Waals surface area contributed by atoms with Crippen molar-refractivity contribution in [3.8, 4) is 11.5 Å². The molecule has 8 heteroatoms. The summed E-state index contributed by atoms with van der Waals surface area (Å²) in [6.45, 7) is 0.655. The first-order valence-electron chi connectivity index (χ1n) is 8.93. The first-order valence-corrected chi connectivity index (χ1v) is 10.8. The van der Waals surface area contributed by atoms with Crippen LogP contribution >= 0.6 is 0 Å². The van der Waals surface area contributed by atoms with Crippen molar-refractivity contribution >= 4 is 21.6 Å². The predicted octanol–water partition coefficient (Wildman–Crippen LogP) is 3.05. The Morgan fingerprint density at radius 1 is 1.11 bits per heavy atom. The summed E-state index contributed by atoms with van der Waals surface area (Å²) >= 11 is 0. The summed E-state index contributed by atoms with van der Waals surface area (Å²) in [5.41, 5.74) is 1.89. The van der Waals surface area contributed by atoms with E-state index in [1.165, 1.54) is 0 Å². The van der Waals surface area contributed by atoms with Crippen LogP contribution in [0.3, 0.4) is 0 Å². The summed E-state index contributed by atoms with van der Waals surface area (Å²) < 4.78 is 35.8. The van der Waals surface area contributed by atoms with E-state index in [1.807, 2.05) is 23.1 Å². The van der Waals surface area contributed by atoms with Crippen LogP contribution in [0.2, 0.25) is 0 Å². The van der Waals surface area contributed by atoms with Gasteiger partial charge in [0, 0.05) is 29.4 Å². The minimum absolute atomic E-state index is 0.0813. The van der Waals surface area contributed by atoms with Crippen LogP contribution in [0, 0.1) is 0 Å².